The van der Waals surface area contributed by atoms with Crippen molar-refractivity contribution >= 4 is 50.7 Å². The summed E-state index contributed by atoms with van der Waals surface area (Å²) in [5, 5.41) is 18.3. The molecule has 1 spiro atoms. The molecule has 276 valence electrons. The van der Waals surface area contributed by atoms with Gasteiger partial charge in [-0.2, -0.15) is 0 Å². The van der Waals surface area contributed by atoms with Gasteiger partial charge in [-0.3, -0.25) is 19.2 Å². The number of aromatic nitrogens is 3. The lowest BCUT2D eigenvalue weighted by Crippen LogP contribution is -2.57. The number of carbonyl (C=O) groups excluding carboxylic acids is 4. The molecule has 3 amide bonds. The third kappa shape index (κ3) is 6.67. The minimum Gasteiger partial charge on any atom is -0.455 e. The normalized spacial score (nSPS) is 25.8. The summed E-state index contributed by atoms with van der Waals surface area (Å²) in [5.41, 5.74) is 0.750. The second-order valence-corrected chi connectivity index (χ2v) is 14.9. The largest absolute Gasteiger partial charge is 0.455 e. The van der Waals surface area contributed by atoms with Gasteiger partial charge in [-0.05, 0) is 43.9 Å². The number of alkyl halides is 1. The molecule has 0 radical (unpaired) electrons. The highest BCUT2D eigenvalue weighted by Gasteiger charge is 2.77. The van der Waals surface area contributed by atoms with Crippen LogP contribution in [0.5, 0.6) is 0 Å². The van der Waals surface area contributed by atoms with Gasteiger partial charge in [-0.25, -0.2) is 4.68 Å². The van der Waals surface area contributed by atoms with Gasteiger partial charge in [0.05, 0.1) is 29.5 Å². The van der Waals surface area contributed by atoms with Crippen molar-refractivity contribution in [1.29, 1.82) is 0 Å². The number of aliphatic hydroxyl groups is 1. The molecule has 3 fully saturated rings. The first-order valence-corrected chi connectivity index (χ1v) is 18.5. The quantitative estimate of drug-likeness (QED) is 0.131. The minimum atomic E-state index is -1.35. The predicted octanol–water partition coefficient (Wildman–Crippen LogP) is 3.63. The van der Waals surface area contributed by atoms with Gasteiger partial charge in [-0.1, -0.05) is 75.8 Å². The summed E-state index contributed by atoms with van der Waals surface area (Å²) in [7, 11) is 1.68. The van der Waals surface area contributed by atoms with E-state index in [-0.39, 0.29) is 49.9 Å². The monoisotopic (exact) mass is 776 g/mol. The molecule has 0 aliphatic carbocycles. The Balaban J connectivity index is 1.33. The summed E-state index contributed by atoms with van der Waals surface area (Å²) in [6.07, 6.45) is 2.99. The van der Waals surface area contributed by atoms with Crippen LogP contribution < -0.4 is 0 Å². The third-order valence-electron chi connectivity index (χ3n) is 10.6. The van der Waals surface area contributed by atoms with Crippen LogP contribution in [-0.4, -0.2) is 114 Å². The molecule has 1 N–H and O–H groups in total. The van der Waals surface area contributed by atoms with E-state index in [1.165, 1.54) is 4.90 Å². The molecule has 3 aromatic rings. The van der Waals surface area contributed by atoms with Crippen LogP contribution in [0.4, 0.5) is 0 Å². The molecule has 14 heteroatoms. The number of nitrogens with zero attached hydrogens (tertiary/aromatic N) is 6. The van der Waals surface area contributed by atoms with Gasteiger partial charge in [0, 0.05) is 38.0 Å². The van der Waals surface area contributed by atoms with Gasteiger partial charge in [0.15, 0.2) is 0 Å². The molecule has 13 nitrogen and oxygen atoms in total. The Bertz CT molecular complexity index is 1820. The maximum Gasteiger partial charge on any atom is 0.313 e. The fraction of sp³-hybridized carbons (Fsp3) is 0.474. The average Bonchev–Trinajstić information content (AvgIpc) is 3.88. The lowest BCUT2D eigenvalue weighted by Gasteiger charge is -2.37. The predicted molar refractivity (Wildman–Crippen MR) is 195 cm³/mol. The first-order chi connectivity index (χ1) is 25.1. The molecule has 6 rings (SSSR count). The van der Waals surface area contributed by atoms with Gasteiger partial charge in [0.2, 0.25) is 17.7 Å². The zero-order chi connectivity index (χ0) is 37.2. The number of esters is 1. The SMILES string of the molecule is C=CCCC(=O)N(C)[C@@H](C)[C@@H](OC(=O)[C@@H]1[C@H]2O[C@@]3(CC2Br)[C@H](C(=O)N(CC=C)Cn2nnc4ccccc42)N(CCCO)C(=O)[C@@H]13)c1ccccc1. The number of ether oxygens (including phenoxy) is 2. The lowest BCUT2D eigenvalue weighted by atomic mass is 9.70. The Kier molecular flexibility index (Phi) is 11.3. The van der Waals surface area contributed by atoms with Crippen molar-refractivity contribution in [3.63, 3.8) is 0 Å². The van der Waals surface area contributed by atoms with Crippen molar-refractivity contribution in [2.75, 3.05) is 26.7 Å². The van der Waals surface area contributed by atoms with Crippen LogP contribution in [-0.2, 0) is 35.3 Å². The van der Waals surface area contributed by atoms with Crippen molar-refractivity contribution in [2.45, 2.75) is 74.0 Å². The van der Waals surface area contributed by atoms with E-state index in [0.717, 1.165) is 5.52 Å². The van der Waals surface area contributed by atoms with Crippen molar-refractivity contribution in [3.8, 4) is 0 Å². The maximum atomic E-state index is 14.8. The topological polar surface area (TPSA) is 147 Å². The number of aliphatic hydroxyl groups excluding tert-OH is 1. The molecule has 3 aliphatic rings. The van der Waals surface area contributed by atoms with E-state index in [4.69, 9.17) is 9.47 Å². The fourth-order valence-corrected chi connectivity index (χ4v) is 8.96. The number of rotatable bonds is 16. The maximum absolute atomic E-state index is 14.8. The highest BCUT2D eigenvalue weighted by atomic mass is 79.9. The summed E-state index contributed by atoms with van der Waals surface area (Å²) in [4.78, 5) is 61.1. The van der Waals surface area contributed by atoms with Crippen molar-refractivity contribution in [1.82, 2.24) is 29.7 Å². The summed E-state index contributed by atoms with van der Waals surface area (Å²) in [5.74, 6) is -3.61. The van der Waals surface area contributed by atoms with Gasteiger partial charge in [0.1, 0.15) is 29.9 Å². The van der Waals surface area contributed by atoms with Gasteiger partial charge < -0.3 is 29.3 Å². The number of likely N-dealkylation sites (tertiary alicyclic amines) is 1. The molecular formula is C38H45BrN6O7. The Morgan fingerprint density at radius 3 is 2.60 bits per heavy atom. The summed E-state index contributed by atoms with van der Waals surface area (Å²) >= 11 is 3.73. The molecule has 52 heavy (non-hydrogen) atoms. The number of hydrogen-bond acceptors (Lipinski definition) is 9. The van der Waals surface area contributed by atoms with E-state index in [9.17, 15) is 24.3 Å². The number of para-hydroxylation sites is 1. The minimum absolute atomic E-state index is 0.0347. The second-order valence-electron chi connectivity index (χ2n) is 13.7. The molecular weight excluding hydrogens is 732 g/mol. The molecule has 3 saturated heterocycles. The average molecular weight is 778 g/mol. The van der Waals surface area contributed by atoms with Crippen LogP contribution in [0.15, 0.2) is 79.9 Å². The number of amides is 3. The molecule has 2 bridgehead atoms. The zero-order valence-corrected chi connectivity index (χ0v) is 31.0. The number of allylic oxidation sites excluding steroid dienone is 1. The van der Waals surface area contributed by atoms with Crippen LogP contribution in [0.2, 0.25) is 0 Å². The standard InChI is InChI=1S/C38H45BrN6O7/c1-5-7-18-29(47)42(4)24(3)32(25-14-9-8-10-15-25)51-37(50)30-31-35(48)44(20-13-21-46)34(38(31)22-26(39)33(30)52-38)36(49)43(19-6-2)23-45-28-17-12-11-16-27(28)40-41-45/h5-6,8-12,14-17,24,26,30-34,46H,1-2,7,13,18-23H2,3-4H3/t24-,26?,30-,31+,32+,33-,34-,38+/m0/s1. The lowest BCUT2D eigenvalue weighted by molar-refractivity contribution is -0.164. The third-order valence-corrected chi connectivity index (χ3v) is 11.5. The number of hydrogen-bond donors (Lipinski definition) is 1. The molecule has 1 unspecified atom stereocenters. The number of likely N-dealkylation sites (N-methyl/N-ethyl adjacent to an activating group) is 1. The van der Waals surface area contributed by atoms with E-state index in [2.05, 4.69) is 39.4 Å². The highest BCUT2D eigenvalue weighted by Crippen LogP contribution is 2.60. The highest BCUT2D eigenvalue weighted by molar-refractivity contribution is 9.09. The van der Waals surface area contributed by atoms with E-state index >= 15 is 0 Å². The number of carbonyl (C=O) groups is 4. The van der Waals surface area contributed by atoms with Crippen LogP contribution in [0, 0.1) is 11.8 Å². The summed E-state index contributed by atoms with van der Waals surface area (Å²) in [6, 6.07) is 15.0. The van der Waals surface area contributed by atoms with E-state index < -0.39 is 59.5 Å². The van der Waals surface area contributed by atoms with Crippen molar-refractivity contribution in [2.24, 2.45) is 11.8 Å². The first-order valence-electron chi connectivity index (χ1n) is 17.6. The van der Waals surface area contributed by atoms with Gasteiger partial charge >= 0.3 is 5.97 Å². The Morgan fingerprint density at radius 1 is 1.15 bits per heavy atom. The molecule has 8 atom stereocenters. The fourth-order valence-electron chi connectivity index (χ4n) is 8.01. The number of fused-ring (bicyclic) bond motifs is 2. The molecule has 1 aromatic heterocycles. The Labute approximate surface area is 311 Å². The Morgan fingerprint density at radius 2 is 1.88 bits per heavy atom. The smallest absolute Gasteiger partial charge is 0.313 e. The van der Waals surface area contributed by atoms with Crippen molar-refractivity contribution < 1.29 is 33.8 Å². The number of halogens is 1. The number of benzene rings is 2. The van der Waals surface area contributed by atoms with Crippen LogP contribution in [0.1, 0.15) is 44.3 Å². The molecule has 3 aliphatic heterocycles. The molecule has 2 aromatic carbocycles. The van der Waals surface area contributed by atoms with E-state index in [1.807, 2.05) is 61.5 Å². The molecule has 0 saturated carbocycles. The van der Waals surface area contributed by atoms with Crippen LogP contribution >= 0.6 is 15.9 Å². The summed E-state index contributed by atoms with van der Waals surface area (Å²) < 4.78 is 14.6. The van der Waals surface area contributed by atoms with Crippen LogP contribution in [0.25, 0.3) is 11.0 Å². The first kappa shape index (κ1) is 37.4. The molecule has 4 heterocycles. The van der Waals surface area contributed by atoms with E-state index in [0.29, 0.717) is 23.9 Å². The van der Waals surface area contributed by atoms with Crippen LogP contribution in [0.3, 0.4) is 0 Å². The Hall–Kier alpha value is -4.40. The zero-order valence-electron chi connectivity index (χ0n) is 29.4. The van der Waals surface area contributed by atoms with Gasteiger partial charge in [-0.15, -0.1) is 18.3 Å². The van der Waals surface area contributed by atoms with E-state index in [1.54, 1.807) is 33.7 Å². The second kappa shape index (κ2) is 15.7. The van der Waals surface area contributed by atoms with Gasteiger partial charge in [0.25, 0.3) is 0 Å². The van der Waals surface area contributed by atoms with Crippen molar-refractivity contribution in [3.05, 3.63) is 85.5 Å². The summed E-state index contributed by atoms with van der Waals surface area (Å²) in [6.45, 7) is 9.47.